The number of thiophene rings is 1. The largest absolute Gasteiger partial charge is 0.381 e. The minimum Gasteiger partial charge on any atom is -0.381 e. The van der Waals surface area contributed by atoms with E-state index in [0.717, 1.165) is 38.8 Å². The molecular weight excluding hydrogens is 244 g/mol. The van der Waals surface area contributed by atoms with Gasteiger partial charge < -0.3 is 9.64 Å². The topological polar surface area (TPSA) is 15.7 Å². The van der Waals surface area contributed by atoms with Gasteiger partial charge >= 0.3 is 0 Å². The molecule has 1 aliphatic heterocycles. The molecule has 102 valence electrons. The van der Waals surface area contributed by atoms with Crippen LogP contribution in [0.3, 0.4) is 0 Å². The highest BCUT2D eigenvalue weighted by molar-refractivity contribution is 7.07. The van der Waals surface area contributed by atoms with Crippen LogP contribution in [0.1, 0.15) is 12.0 Å². The molecule has 0 aromatic carbocycles. The van der Waals surface area contributed by atoms with Crippen LogP contribution < -0.4 is 0 Å². The smallest absolute Gasteiger partial charge is 0.0507 e. The third-order valence-electron chi connectivity index (χ3n) is 3.39. The van der Waals surface area contributed by atoms with Crippen LogP contribution in [0.4, 0.5) is 0 Å². The molecule has 1 aromatic heterocycles. The van der Waals surface area contributed by atoms with Gasteiger partial charge in [0.05, 0.1) is 6.61 Å². The van der Waals surface area contributed by atoms with Gasteiger partial charge in [0.15, 0.2) is 0 Å². The molecule has 2 rings (SSSR count). The van der Waals surface area contributed by atoms with Gasteiger partial charge in [-0.25, -0.2) is 0 Å². The van der Waals surface area contributed by atoms with Gasteiger partial charge in [-0.15, -0.1) is 0 Å². The quantitative estimate of drug-likeness (QED) is 0.753. The molecule has 0 saturated carbocycles. The molecule has 1 saturated heterocycles. The third kappa shape index (κ3) is 4.69. The molecule has 3 nitrogen and oxygen atoms in total. The molecule has 0 spiro atoms. The number of hydrogen-bond donors (Lipinski definition) is 0. The Morgan fingerprint density at radius 2 is 2.28 bits per heavy atom. The molecule has 0 radical (unpaired) electrons. The number of ether oxygens (including phenoxy) is 1. The molecule has 0 aliphatic carbocycles. The second-order valence-corrected chi connectivity index (χ2v) is 6.18. The zero-order chi connectivity index (χ0) is 12.8. The summed E-state index contributed by atoms with van der Waals surface area (Å²) in [5.41, 5.74) is 1.44. The van der Waals surface area contributed by atoms with Crippen molar-refractivity contribution in [2.24, 2.45) is 5.92 Å². The molecule has 4 heteroatoms. The molecule has 0 bridgehead atoms. The Morgan fingerprint density at radius 1 is 1.39 bits per heavy atom. The first kappa shape index (κ1) is 14.0. The second-order valence-electron chi connectivity index (χ2n) is 5.40. The average molecular weight is 268 g/mol. The zero-order valence-electron chi connectivity index (χ0n) is 11.5. The van der Waals surface area contributed by atoms with Crippen molar-refractivity contribution in [3.05, 3.63) is 22.4 Å². The molecule has 2 heterocycles. The molecule has 0 unspecified atom stereocenters. The Bertz CT molecular complexity index is 321. The predicted octanol–water partition coefficient (Wildman–Crippen LogP) is 2.15. The fraction of sp³-hybridized carbons (Fsp3) is 0.714. The number of nitrogens with zero attached hydrogens (tertiary/aromatic N) is 2. The predicted molar refractivity (Wildman–Crippen MR) is 77.1 cm³/mol. The van der Waals surface area contributed by atoms with Gasteiger partial charge in [0.1, 0.15) is 0 Å². The van der Waals surface area contributed by atoms with E-state index in [4.69, 9.17) is 4.74 Å². The van der Waals surface area contributed by atoms with Crippen LogP contribution in [0.2, 0.25) is 0 Å². The van der Waals surface area contributed by atoms with E-state index in [-0.39, 0.29) is 0 Å². The van der Waals surface area contributed by atoms with E-state index in [1.165, 1.54) is 18.5 Å². The summed E-state index contributed by atoms with van der Waals surface area (Å²) in [6.45, 7) is 6.40. The summed E-state index contributed by atoms with van der Waals surface area (Å²) in [5.74, 6) is 0.728. The van der Waals surface area contributed by atoms with Crippen LogP contribution in [0.25, 0.3) is 0 Å². The van der Waals surface area contributed by atoms with E-state index >= 15 is 0 Å². The van der Waals surface area contributed by atoms with E-state index < -0.39 is 0 Å². The van der Waals surface area contributed by atoms with Crippen molar-refractivity contribution in [3.63, 3.8) is 0 Å². The SMILES string of the molecule is CN(C)CCN(Cc1ccsc1)C[C@@H]1CCOC1. The van der Waals surface area contributed by atoms with Crippen molar-refractivity contribution >= 4 is 11.3 Å². The maximum Gasteiger partial charge on any atom is 0.0507 e. The van der Waals surface area contributed by atoms with Crippen molar-refractivity contribution in [2.75, 3.05) is 46.9 Å². The van der Waals surface area contributed by atoms with Crippen LogP contribution in [-0.2, 0) is 11.3 Å². The fourth-order valence-electron chi connectivity index (χ4n) is 2.31. The Hall–Kier alpha value is -0.420. The van der Waals surface area contributed by atoms with Gasteiger partial charge in [0.2, 0.25) is 0 Å². The highest BCUT2D eigenvalue weighted by Gasteiger charge is 2.19. The minimum absolute atomic E-state index is 0.728. The van der Waals surface area contributed by atoms with Crippen molar-refractivity contribution in [1.82, 2.24) is 9.80 Å². The number of rotatable bonds is 7. The first-order valence-corrected chi connectivity index (χ1v) is 7.64. The van der Waals surface area contributed by atoms with Gasteiger partial charge in [0.25, 0.3) is 0 Å². The van der Waals surface area contributed by atoms with Crippen LogP contribution in [0.5, 0.6) is 0 Å². The molecule has 0 amide bonds. The summed E-state index contributed by atoms with van der Waals surface area (Å²) in [6.07, 6.45) is 1.22. The summed E-state index contributed by atoms with van der Waals surface area (Å²) >= 11 is 1.79. The maximum absolute atomic E-state index is 5.48. The van der Waals surface area contributed by atoms with E-state index in [9.17, 15) is 0 Å². The molecule has 0 N–H and O–H groups in total. The Balaban J connectivity index is 1.84. The number of likely N-dealkylation sites (N-methyl/N-ethyl adjacent to an activating group) is 1. The van der Waals surface area contributed by atoms with Gasteiger partial charge in [-0.2, -0.15) is 11.3 Å². The summed E-state index contributed by atoms with van der Waals surface area (Å²) in [4.78, 5) is 4.83. The van der Waals surface area contributed by atoms with Crippen LogP contribution >= 0.6 is 11.3 Å². The Labute approximate surface area is 114 Å². The normalized spacial score (nSPS) is 20.1. The van der Waals surface area contributed by atoms with Gasteiger partial charge in [-0.1, -0.05) is 0 Å². The lowest BCUT2D eigenvalue weighted by atomic mass is 10.1. The van der Waals surface area contributed by atoms with Gasteiger partial charge in [0, 0.05) is 32.8 Å². The maximum atomic E-state index is 5.48. The monoisotopic (exact) mass is 268 g/mol. The third-order valence-corrected chi connectivity index (χ3v) is 4.12. The summed E-state index contributed by atoms with van der Waals surface area (Å²) in [6, 6.07) is 2.23. The van der Waals surface area contributed by atoms with E-state index in [1.807, 2.05) is 0 Å². The first-order valence-electron chi connectivity index (χ1n) is 6.70. The highest BCUT2D eigenvalue weighted by atomic mass is 32.1. The van der Waals surface area contributed by atoms with Gasteiger partial charge in [-0.3, -0.25) is 4.90 Å². The van der Waals surface area contributed by atoms with Crippen molar-refractivity contribution < 1.29 is 4.74 Å². The second kappa shape index (κ2) is 7.24. The highest BCUT2D eigenvalue weighted by Crippen LogP contribution is 2.16. The molecular formula is C14H24N2OS. The number of hydrogen-bond acceptors (Lipinski definition) is 4. The molecule has 1 aliphatic rings. The zero-order valence-corrected chi connectivity index (χ0v) is 12.3. The summed E-state index contributed by atoms with van der Waals surface area (Å²) < 4.78 is 5.48. The Kier molecular flexibility index (Phi) is 5.63. The van der Waals surface area contributed by atoms with Crippen LogP contribution in [0, 0.1) is 5.92 Å². The fourth-order valence-corrected chi connectivity index (χ4v) is 2.97. The van der Waals surface area contributed by atoms with E-state index in [2.05, 4.69) is 40.7 Å². The molecule has 18 heavy (non-hydrogen) atoms. The van der Waals surface area contributed by atoms with Gasteiger partial charge in [-0.05, 0) is 48.8 Å². The minimum atomic E-state index is 0.728. The van der Waals surface area contributed by atoms with E-state index in [0.29, 0.717) is 0 Å². The van der Waals surface area contributed by atoms with Crippen molar-refractivity contribution in [3.8, 4) is 0 Å². The lowest BCUT2D eigenvalue weighted by molar-refractivity contribution is 0.159. The van der Waals surface area contributed by atoms with Crippen molar-refractivity contribution in [2.45, 2.75) is 13.0 Å². The lowest BCUT2D eigenvalue weighted by Crippen LogP contribution is -2.35. The first-order chi connectivity index (χ1) is 8.74. The standard InChI is InChI=1S/C14H24N2OS/c1-15(2)5-6-16(9-13-3-7-17-11-13)10-14-4-8-18-12-14/h4,8,12-13H,3,5-7,9-11H2,1-2H3/t13-/m0/s1. The average Bonchev–Trinajstić information content (AvgIpc) is 2.98. The molecule has 1 aromatic rings. The van der Waals surface area contributed by atoms with Crippen molar-refractivity contribution in [1.29, 1.82) is 0 Å². The Morgan fingerprint density at radius 3 is 2.89 bits per heavy atom. The van der Waals surface area contributed by atoms with Crippen LogP contribution in [-0.4, -0.2) is 56.7 Å². The summed E-state index contributed by atoms with van der Waals surface area (Å²) in [5, 5.41) is 4.42. The molecule has 1 fully saturated rings. The van der Waals surface area contributed by atoms with E-state index in [1.54, 1.807) is 11.3 Å². The van der Waals surface area contributed by atoms with Crippen LogP contribution in [0.15, 0.2) is 16.8 Å². The summed E-state index contributed by atoms with van der Waals surface area (Å²) in [7, 11) is 4.28. The lowest BCUT2D eigenvalue weighted by Gasteiger charge is -2.26. The molecule has 1 atom stereocenters.